The molecule has 0 aliphatic heterocycles. The fraction of sp³-hybridized carbons (Fsp3) is 0.389. The number of halogens is 3. The molecule has 1 aromatic carbocycles. The van der Waals surface area contributed by atoms with Crippen molar-refractivity contribution in [1.82, 2.24) is 15.5 Å². The van der Waals surface area contributed by atoms with Crippen molar-refractivity contribution in [2.24, 2.45) is 4.99 Å². The van der Waals surface area contributed by atoms with Gasteiger partial charge in [-0.1, -0.05) is 12.1 Å². The second kappa shape index (κ2) is 8.75. The van der Waals surface area contributed by atoms with Crippen molar-refractivity contribution in [3.63, 3.8) is 0 Å². The zero-order valence-corrected chi connectivity index (χ0v) is 15.0. The van der Waals surface area contributed by atoms with Gasteiger partial charge in [0.2, 0.25) is 0 Å². The molecule has 142 valence electrons. The average Bonchev–Trinajstić information content (AvgIpc) is 3.11. The number of nitrogens with one attached hydrogen (secondary N) is 2. The lowest BCUT2D eigenvalue weighted by Crippen LogP contribution is -2.41. The largest absolute Gasteiger partial charge is 0.468 e. The van der Waals surface area contributed by atoms with Crippen LogP contribution in [-0.4, -0.2) is 38.5 Å². The Morgan fingerprint density at radius 2 is 1.96 bits per heavy atom. The number of benzene rings is 1. The van der Waals surface area contributed by atoms with E-state index in [0.717, 1.165) is 17.9 Å². The molecule has 0 bridgehead atoms. The average molecular weight is 368 g/mol. The molecule has 1 aromatic heterocycles. The maximum atomic E-state index is 12.8. The van der Waals surface area contributed by atoms with E-state index in [4.69, 9.17) is 4.42 Å². The lowest BCUT2D eigenvalue weighted by molar-refractivity contribution is -0.137. The van der Waals surface area contributed by atoms with Crippen LogP contribution >= 0.6 is 0 Å². The minimum absolute atomic E-state index is 0.00268. The van der Waals surface area contributed by atoms with E-state index >= 15 is 0 Å². The van der Waals surface area contributed by atoms with E-state index in [9.17, 15) is 13.2 Å². The first-order valence-corrected chi connectivity index (χ1v) is 8.11. The summed E-state index contributed by atoms with van der Waals surface area (Å²) in [6.45, 7) is 0.764. The molecule has 2 N–H and O–H groups in total. The van der Waals surface area contributed by atoms with Crippen LogP contribution in [0, 0.1) is 0 Å². The highest BCUT2D eigenvalue weighted by atomic mass is 19.4. The van der Waals surface area contributed by atoms with Crippen LogP contribution in [0.1, 0.15) is 22.9 Å². The van der Waals surface area contributed by atoms with Crippen molar-refractivity contribution in [2.45, 2.75) is 18.8 Å². The van der Waals surface area contributed by atoms with E-state index in [2.05, 4.69) is 15.6 Å². The molecular weight excluding hydrogens is 345 g/mol. The quantitative estimate of drug-likeness (QED) is 0.607. The molecule has 26 heavy (non-hydrogen) atoms. The Kier molecular flexibility index (Phi) is 6.68. The lowest BCUT2D eigenvalue weighted by atomic mass is 10.1. The van der Waals surface area contributed by atoms with Crippen LogP contribution in [-0.2, 0) is 12.7 Å². The second-order valence-corrected chi connectivity index (χ2v) is 6.00. The third-order valence-corrected chi connectivity index (χ3v) is 3.90. The Labute approximate surface area is 150 Å². The van der Waals surface area contributed by atoms with Crippen molar-refractivity contribution >= 4 is 5.96 Å². The molecule has 0 radical (unpaired) electrons. The zero-order chi connectivity index (χ0) is 19.2. The monoisotopic (exact) mass is 368 g/mol. The number of guanidine groups is 1. The van der Waals surface area contributed by atoms with Crippen molar-refractivity contribution in [3.05, 3.63) is 59.5 Å². The Balaban J connectivity index is 1.94. The topological polar surface area (TPSA) is 52.8 Å². The maximum absolute atomic E-state index is 12.8. The van der Waals surface area contributed by atoms with Gasteiger partial charge >= 0.3 is 6.18 Å². The second-order valence-electron chi connectivity index (χ2n) is 6.00. The molecule has 1 atom stereocenters. The molecule has 8 heteroatoms. The first kappa shape index (κ1) is 19.8. The summed E-state index contributed by atoms with van der Waals surface area (Å²) in [4.78, 5) is 6.12. The normalized spacial score (nSPS) is 13.7. The fourth-order valence-electron chi connectivity index (χ4n) is 2.48. The van der Waals surface area contributed by atoms with E-state index in [0.29, 0.717) is 18.1 Å². The smallest absolute Gasteiger partial charge is 0.416 e. The molecule has 0 aliphatic carbocycles. The summed E-state index contributed by atoms with van der Waals surface area (Å²) >= 11 is 0. The van der Waals surface area contributed by atoms with Gasteiger partial charge in [0, 0.05) is 20.1 Å². The molecule has 2 rings (SSSR count). The van der Waals surface area contributed by atoms with E-state index in [-0.39, 0.29) is 12.6 Å². The Bertz CT molecular complexity index is 711. The van der Waals surface area contributed by atoms with Gasteiger partial charge in [-0.2, -0.15) is 13.2 Å². The molecule has 0 fully saturated rings. The summed E-state index contributed by atoms with van der Waals surface area (Å²) in [6, 6.07) is 8.94. The first-order chi connectivity index (χ1) is 12.3. The molecule has 0 aliphatic rings. The number of nitrogens with zero attached hydrogens (tertiary/aromatic N) is 2. The lowest BCUT2D eigenvalue weighted by Gasteiger charge is -2.23. The van der Waals surface area contributed by atoms with Crippen LogP contribution in [0.25, 0.3) is 0 Å². The van der Waals surface area contributed by atoms with E-state index < -0.39 is 11.7 Å². The number of aliphatic imine (C=N–C) groups is 1. The summed E-state index contributed by atoms with van der Waals surface area (Å²) in [5.41, 5.74) is -0.136. The van der Waals surface area contributed by atoms with Crippen LogP contribution in [0.2, 0.25) is 0 Å². The molecule has 0 saturated carbocycles. The standard InChI is InChI=1S/C18H23F3N4O/c1-22-17(24-12-15(25(2)3)16-8-5-9-26-16)23-11-13-6-4-7-14(10-13)18(19,20)21/h4-10,15H,11-12H2,1-3H3,(H2,22,23,24). The van der Waals surface area contributed by atoms with Gasteiger partial charge in [-0.15, -0.1) is 0 Å². The van der Waals surface area contributed by atoms with Crippen LogP contribution in [0.3, 0.4) is 0 Å². The summed E-state index contributed by atoms with van der Waals surface area (Å²) in [5.74, 6) is 1.32. The minimum atomic E-state index is -4.35. The van der Waals surface area contributed by atoms with Gasteiger partial charge in [0.25, 0.3) is 0 Å². The highest BCUT2D eigenvalue weighted by Crippen LogP contribution is 2.29. The molecule has 1 heterocycles. The van der Waals surface area contributed by atoms with Crippen molar-refractivity contribution < 1.29 is 17.6 Å². The molecule has 1 unspecified atom stereocenters. The number of hydrogen-bond acceptors (Lipinski definition) is 3. The van der Waals surface area contributed by atoms with Crippen molar-refractivity contribution in [1.29, 1.82) is 0 Å². The van der Waals surface area contributed by atoms with E-state index in [1.54, 1.807) is 19.4 Å². The van der Waals surface area contributed by atoms with Gasteiger partial charge in [-0.05, 0) is 43.9 Å². The summed E-state index contributed by atoms with van der Waals surface area (Å²) in [7, 11) is 5.49. The molecule has 0 amide bonds. The highest BCUT2D eigenvalue weighted by Gasteiger charge is 2.30. The van der Waals surface area contributed by atoms with Gasteiger partial charge in [-0.25, -0.2) is 0 Å². The molecule has 0 spiro atoms. The van der Waals surface area contributed by atoms with Crippen LogP contribution in [0.5, 0.6) is 0 Å². The van der Waals surface area contributed by atoms with Gasteiger partial charge in [0.15, 0.2) is 5.96 Å². The predicted octanol–water partition coefficient (Wildman–Crippen LogP) is 3.27. The molecule has 5 nitrogen and oxygen atoms in total. The van der Waals surface area contributed by atoms with E-state index in [1.807, 2.05) is 31.1 Å². The predicted molar refractivity (Wildman–Crippen MR) is 94.8 cm³/mol. The number of likely N-dealkylation sites (N-methyl/N-ethyl adjacent to an activating group) is 1. The van der Waals surface area contributed by atoms with E-state index in [1.165, 1.54) is 6.07 Å². The SMILES string of the molecule is CN=C(NCc1cccc(C(F)(F)F)c1)NCC(c1ccco1)N(C)C. The van der Waals surface area contributed by atoms with Crippen molar-refractivity contribution in [2.75, 3.05) is 27.7 Å². The fourth-order valence-corrected chi connectivity index (χ4v) is 2.48. The first-order valence-electron chi connectivity index (χ1n) is 8.11. The van der Waals surface area contributed by atoms with Crippen LogP contribution in [0.4, 0.5) is 13.2 Å². The number of furan rings is 1. The summed E-state index contributed by atoms with van der Waals surface area (Å²) in [5, 5.41) is 6.20. The number of hydrogen-bond donors (Lipinski definition) is 2. The maximum Gasteiger partial charge on any atom is 0.416 e. The van der Waals surface area contributed by atoms with Gasteiger partial charge < -0.3 is 15.1 Å². The van der Waals surface area contributed by atoms with Gasteiger partial charge in [0.05, 0.1) is 17.9 Å². The number of alkyl halides is 3. The third kappa shape index (κ3) is 5.52. The zero-order valence-electron chi connectivity index (χ0n) is 15.0. The molecular formula is C18H23F3N4O. The number of rotatable bonds is 6. The summed E-state index contributed by atoms with van der Waals surface area (Å²) < 4.78 is 43.8. The Morgan fingerprint density at radius 1 is 1.19 bits per heavy atom. The van der Waals surface area contributed by atoms with Gasteiger partial charge in [0.1, 0.15) is 5.76 Å². The Hall–Kier alpha value is -2.48. The van der Waals surface area contributed by atoms with Crippen LogP contribution in [0.15, 0.2) is 52.1 Å². The third-order valence-electron chi connectivity index (χ3n) is 3.90. The highest BCUT2D eigenvalue weighted by molar-refractivity contribution is 5.79. The minimum Gasteiger partial charge on any atom is -0.468 e. The van der Waals surface area contributed by atoms with Gasteiger partial charge in [-0.3, -0.25) is 9.89 Å². The Morgan fingerprint density at radius 3 is 2.54 bits per heavy atom. The molecule has 2 aromatic rings. The van der Waals surface area contributed by atoms with Crippen molar-refractivity contribution in [3.8, 4) is 0 Å². The summed E-state index contributed by atoms with van der Waals surface area (Å²) in [6.07, 6.45) is -2.73. The molecule has 0 saturated heterocycles. The van der Waals surface area contributed by atoms with Crippen LogP contribution < -0.4 is 10.6 Å².